The second kappa shape index (κ2) is 5.24. The van der Waals surface area contributed by atoms with Crippen molar-refractivity contribution in [2.24, 2.45) is 0 Å². The van der Waals surface area contributed by atoms with Crippen molar-refractivity contribution in [1.29, 1.82) is 0 Å². The van der Waals surface area contributed by atoms with Crippen LogP contribution in [0.2, 0.25) is 0 Å². The van der Waals surface area contributed by atoms with E-state index in [0.717, 1.165) is 16.8 Å². The number of fused-ring (bicyclic) bond motifs is 1. The lowest BCUT2D eigenvalue weighted by molar-refractivity contribution is -0.137. The topological polar surface area (TPSA) is 34.9 Å². The van der Waals surface area contributed by atoms with Gasteiger partial charge in [0, 0.05) is 5.39 Å². The zero-order valence-corrected chi connectivity index (χ0v) is 12.5. The fourth-order valence-electron chi connectivity index (χ4n) is 2.14. The van der Waals surface area contributed by atoms with Gasteiger partial charge in [0.15, 0.2) is 0 Å². The number of halogens is 4. The maximum atomic E-state index is 12.8. The van der Waals surface area contributed by atoms with E-state index < -0.39 is 17.3 Å². The molecule has 0 spiro atoms. The van der Waals surface area contributed by atoms with Gasteiger partial charge in [0.2, 0.25) is 0 Å². The summed E-state index contributed by atoms with van der Waals surface area (Å²) < 4.78 is 39.7. The third-order valence-corrected chi connectivity index (χ3v) is 3.76. The lowest BCUT2D eigenvalue weighted by atomic mass is 10.2. The molecule has 0 aliphatic rings. The van der Waals surface area contributed by atoms with Gasteiger partial charge >= 0.3 is 6.18 Å². The summed E-state index contributed by atoms with van der Waals surface area (Å²) >= 11 is 3.24. The molecule has 0 aliphatic carbocycles. The van der Waals surface area contributed by atoms with Crippen molar-refractivity contribution < 1.29 is 13.2 Å². The van der Waals surface area contributed by atoms with Crippen molar-refractivity contribution in [3.05, 3.63) is 69.1 Å². The number of rotatable bonds is 1. The van der Waals surface area contributed by atoms with Gasteiger partial charge in [-0.3, -0.25) is 4.79 Å². The van der Waals surface area contributed by atoms with Crippen LogP contribution in [-0.4, -0.2) is 9.78 Å². The SMILES string of the molecule is O=c1c2ccccc2c(Br)nn1-c1cccc(C(F)(F)F)c1. The third kappa shape index (κ3) is 2.52. The van der Waals surface area contributed by atoms with E-state index in [9.17, 15) is 18.0 Å². The molecule has 0 aliphatic heterocycles. The molecule has 3 aromatic rings. The molecule has 1 heterocycles. The van der Waals surface area contributed by atoms with Gasteiger partial charge in [-0.15, -0.1) is 0 Å². The first kappa shape index (κ1) is 14.8. The van der Waals surface area contributed by atoms with Crippen molar-refractivity contribution in [3.63, 3.8) is 0 Å². The van der Waals surface area contributed by atoms with E-state index >= 15 is 0 Å². The molecule has 112 valence electrons. The molecule has 0 N–H and O–H groups in total. The standard InChI is InChI=1S/C15H8BrF3N2O/c16-13-11-6-1-2-7-12(11)14(22)21(20-13)10-5-3-4-9(8-10)15(17,18)19/h1-8H. The highest BCUT2D eigenvalue weighted by Gasteiger charge is 2.30. The van der Waals surface area contributed by atoms with Crippen molar-refractivity contribution >= 4 is 26.7 Å². The Morgan fingerprint density at radius 2 is 1.68 bits per heavy atom. The lowest BCUT2D eigenvalue weighted by Gasteiger charge is -2.11. The fourth-order valence-corrected chi connectivity index (χ4v) is 2.64. The van der Waals surface area contributed by atoms with E-state index in [0.29, 0.717) is 15.4 Å². The van der Waals surface area contributed by atoms with Crippen molar-refractivity contribution in [3.8, 4) is 5.69 Å². The van der Waals surface area contributed by atoms with Crippen LogP contribution in [0.5, 0.6) is 0 Å². The summed E-state index contributed by atoms with van der Waals surface area (Å²) in [5, 5.41) is 5.03. The van der Waals surface area contributed by atoms with E-state index in [1.54, 1.807) is 24.3 Å². The molecule has 0 atom stereocenters. The van der Waals surface area contributed by atoms with E-state index in [1.165, 1.54) is 12.1 Å². The summed E-state index contributed by atoms with van der Waals surface area (Å²) in [5.41, 5.74) is -1.24. The average Bonchev–Trinajstić information content (AvgIpc) is 2.50. The minimum atomic E-state index is -4.48. The molecule has 22 heavy (non-hydrogen) atoms. The van der Waals surface area contributed by atoms with Gasteiger partial charge in [-0.25, -0.2) is 0 Å². The van der Waals surface area contributed by atoms with Crippen molar-refractivity contribution in [2.45, 2.75) is 6.18 Å². The van der Waals surface area contributed by atoms with Gasteiger partial charge in [-0.2, -0.15) is 23.0 Å². The Labute approximate surface area is 131 Å². The molecule has 1 aromatic heterocycles. The van der Waals surface area contributed by atoms with Gasteiger partial charge in [0.05, 0.1) is 16.6 Å². The van der Waals surface area contributed by atoms with E-state index in [-0.39, 0.29) is 5.69 Å². The van der Waals surface area contributed by atoms with Crippen molar-refractivity contribution in [2.75, 3.05) is 0 Å². The fraction of sp³-hybridized carbons (Fsp3) is 0.0667. The summed E-state index contributed by atoms with van der Waals surface area (Å²) in [5.74, 6) is 0. The summed E-state index contributed by atoms with van der Waals surface area (Å²) in [4.78, 5) is 12.4. The summed E-state index contributed by atoms with van der Waals surface area (Å²) in [7, 11) is 0. The first-order valence-corrected chi connectivity index (χ1v) is 7.02. The van der Waals surface area contributed by atoms with Crippen LogP contribution in [0.4, 0.5) is 13.2 Å². The summed E-state index contributed by atoms with van der Waals surface area (Å²) in [6.07, 6.45) is -4.48. The van der Waals surface area contributed by atoms with Gasteiger partial charge in [0.1, 0.15) is 4.60 Å². The highest BCUT2D eigenvalue weighted by molar-refractivity contribution is 9.10. The van der Waals surface area contributed by atoms with Crippen LogP contribution in [0.1, 0.15) is 5.56 Å². The number of hydrogen-bond donors (Lipinski definition) is 0. The summed E-state index contributed by atoms with van der Waals surface area (Å²) in [6, 6.07) is 11.3. The highest BCUT2D eigenvalue weighted by atomic mass is 79.9. The summed E-state index contributed by atoms with van der Waals surface area (Å²) in [6.45, 7) is 0. The molecular formula is C15H8BrF3N2O. The Hall–Kier alpha value is -2.15. The lowest BCUT2D eigenvalue weighted by Crippen LogP contribution is -2.22. The maximum absolute atomic E-state index is 12.8. The van der Waals surface area contributed by atoms with E-state index in [1.807, 2.05) is 0 Å². The number of hydrogen-bond acceptors (Lipinski definition) is 2. The minimum absolute atomic E-state index is 0.0614. The first-order chi connectivity index (χ1) is 10.4. The molecule has 0 saturated heterocycles. The molecule has 3 nitrogen and oxygen atoms in total. The average molecular weight is 369 g/mol. The van der Waals surface area contributed by atoms with Crippen molar-refractivity contribution in [1.82, 2.24) is 9.78 Å². The van der Waals surface area contributed by atoms with Crippen LogP contribution < -0.4 is 5.56 Å². The van der Waals surface area contributed by atoms with Gasteiger partial charge < -0.3 is 0 Å². The van der Waals surface area contributed by atoms with E-state index in [4.69, 9.17) is 0 Å². The van der Waals surface area contributed by atoms with Crippen LogP contribution in [0.25, 0.3) is 16.5 Å². The van der Waals surface area contributed by atoms with Crippen LogP contribution >= 0.6 is 15.9 Å². The molecule has 3 rings (SSSR count). The molecular weight excluding hydrogens is 361 g/mol. The number of alkyl halides is 3. The Balaban J connectivity index is 2.28. The van der Waals surface area contributed by atoms with E-state index in [2.05, 4.69) is 21.0 Å². The normalized spacial score (nSPS) is 11.8. The monoisotopic (exact) mass is 368 g/mol. The molecule has 0 bridgehead atoms. The highest BCUT2D eigenvalue weighted by Crippen LogP contribution is 2.30. The number of aromatic nitrogens is 2. The minimum Gasteiger partial charge on any atom is -0.267 e. The second-order valence-corrected chi connectivity index (χ2v) is 5.35. The molecule has 0 saturated carbocycles. The Morgan fingerprint density at radius 1 is 1.00 bits per heavy atom. The van der Waals surface area contributed by atoms with Crippen LogP contribution in [-0.2, 0) is 6.18 Å². The van der Waals surface area contributed by atoms with Crippen LogP contribution in [0.3, 0.4) is 0 Å². The Kier molecular flexibility index (Phi) is 3.52. The van der Waals surface area contributed by atoms with Gasteiger partial charge in [-0.05, 0) is 40.2 Å². The van der Waals surface area contributed by atoms with Gasteiger partial charge in [-0.1, -0.05) is 24.3 Å². The molecule has 0 radical (unpaired) electrons. The first-order valence-electron chi connectivity index (χ1n) is 6.23. The molecule has 2 aromatic carbocycles. The quantitative estimate of drug-likeness (QED) is 0.646. The Bertz CT molecular complexity index is 919. The molecule has 0 amide bonds. The number of benzene rings is 2. The van der Waals surface area contributed by atoms with Crippen LogP contribution in [0.15, 0.2) is 57.9 Å². The predicted octanol–water partition coefficient (Wildman–Crippen LogP) is 4.17. The molecule has 7 heteroatoms. The molecule has 0 unspecified atom stereocenters. The zero-order valence-electron chi connectivity index (χ0n) is 10.9. The third-order valence-electron chi connectivity index (χ3n) is 3.18. The van der Waals surface area contributed by atoms with Crippen LogP contribution in [0, 0.1) is 0 Å². The van der Waals surface area contributed by atoms with Gasteiger partial charge in [0.25, 0.3) is 5.56 Å². The second-order valence-electron chi connectivity index (χ2n) is 4.60. The predicted molar refractivity (Wildman–Crippen MR) is 80.0 cm³/mol. The Morgan fingerprint density at radius 3 is 2.36 bits per heavy atom. The zero-order chi connectivity index (χ0) is 15.9. The molecule has 0 fully saturated rings. The maximum Gasteiger partial charge on any atom is 0.416 e. The largest absolute Gasteiger partial charge is 0.416 e. The smallest absolute Gasteiger partial charge is 0.267 e. The number of nitrogens with zero attached hydrogens (tertiary/aromatic N) is 2.